The van der Waals surface area contributed by atoms with E-state index in [0.29, 0.717) is 25.6 Å². The standard InChI is InChI=1S/C14H16BrFN2O2/c1-18(4-6-20-7-5-19)14-12-8-10(16)2-3-11(12)13(15)9-17-14/h2-3,8-9,19H,4-7H2,1H3. The van der Waals surface area contributed by atoms with Gasteiger partial charge in [-0.3, -0.25) is 0 Å². The topological polar surface area (TPSA) is 45.6 Å². The number of pyridine rings is 1. The summed E-state index contributed by atoms with van der Waals surface area (Å²) in [6.07, 6.45) is 1.71. The maximum atomic E-state index is 13.5. The lowest BCUT2D eigenvalue weighted by Gasteiger charge is -2.20. The Labute approximate surface area is 125 Å². The van der Waals surface area contributed by atoms with Crippen molar-refractivity contribution in [2.45, 2.75) is 0 Å². The molecule has 0 saturated carbocycles. The van der Waals surface area contributed by atoms with Gasteiger partial charge in [-0.25, -0.2) is 9.37 Å². The molecule has 0 atom stereocenters. The van der Waals surface area contributed by atoms with E-state index in [1.807, 2.05) is 11.9 Å². The highest BCUT2D eigenvalue weighted by atomic mass is 79.9. The van der Waals surface area contributed by atoms with Crippen molar-refractivity contribution in [3.63, 3.8) is 0 Å². The number of fused-ring (bicyclic) bond motifs is 1. The van der Waals surface area contributed by atoms with E-state index in [9.17, 15) is 4.39 Å². The molecule has 2 rings (SSSR count). The molecule has 6 heteroatoms. The molecule has 0 radical (unpaired) electrons. The van der Waals surface area contributed by atoms with E-state index in [4.69, 9.17) is 9.84 Å². The Balaban J connectivity index is 2.25. The summed E-state index contributed by atoms with van der Waals surface area (Å²) in [6.45, 7) is 1.41. The number of halogens is 2. The van der Waals surface area contributed by atoms with E-state index in [1.54, 1.807) is 12.3 Å². The Bertz CT molecular complexity index is 595. The Kier molecular flexibility index (Phi) is 5.28. The SMILES string of the molecule is CN(CCOCCO)c1ncc(Br)c2ccc(F)cc12. The van der Waals surface area contributed by atoms with Crippen molar-refractivity contribution >= 4 is 32.5 Å². The zero-order valence-corrected chi connectivity index (χ0v) is 12.7. The van der Waals surface area contributed by atoms with E-state index >= 15 is 0 Å². The smallest absolute Gasteiger partial charge is 0.136 e. The molecule has 1 aromatic heterocycles. The quantitative estimate of drug-likeness (QED) is 0.819. The van der Waals surface area contributed by atoms with Gasteiger partial charge < -0.3 is 14.7 Å². The lowest BCUT2D eigenvalue weighted by atomic mass is 10.1. The zero-order chi connectivity index (χ0) is 14.5. The molecule has 1 heterocycles. The average Bonchev–Trinajstić information content (AvgIpc) is 2.43. The molecule has 0 fully saturated rings. The first-order valence-electron chi connectivity index (χ1n) is 6.27. The molecule has 1 N–H and O–H groups in total. The van der Waals surface area contributed by atoms with Crippen LogP contribution in [0.1, 0.15) is 0 Å². The summed E-state index contributed by atoms with van der Waals surface area (Å²) in [5, 5.41) is 10.3. The summed E-state index contributed by atoms with van der Waals surface area (Å²) in [4.78, 5) is 6.26. The highest BCUT2D eigenvalue weighted by Crippen LogP contribution is 2.30. The summed E-state index contributed by atoms with van der Waals surface area (Å²) < 4.78 is 19.5. The van der Waals surface area contributed by atoms with Crippen molar-refractivity contribution in [2.75, 3.05) is 38.3 Å². The second kappa shape index (κ2) is 6.97. The zero-order valence-electron chi connectivity index (χ0n) is 11.1. The third-order valence-corrected chi connectivity index (χ3v) is 3.58. The minimum absolute atomic E-state index is 0.00832. The van der Waals surface area contributed by atoms with Crippen molar-refractivity contribution in [3.05, 3.63) is 34.7 Å². The summed E-state index contributed by atoms with van der Waals surface area (Å²) in [5.41, 5.74) is 0. The fourth-order valence-electron chi connectivity index (χ4n) is 1.94. The predicted molar refractivity (Wildman–Crippen MR) is 80.6 cm³/mol. The van der Waals surface area contributed by atoms with Gasteiger partial charge in [0.25, 0.3) is 0 Å². The van der Waals surface area contributed by atoms with Crippen LogP contribution in [0.15, 0.2) is 28.9 Å². The molecule has 0 unspecified atom stereocenters. The molecule has 0 aliphatic carbocycles. The van der Waals surface area contributed by atoms with Gasteiger partial charge in [0, 0.05) is 35.0 Å². The minimum Gasteiger partial charge on any atom is -0.394 e. The van der Waals surface area contributed by atoms with Crippen LogP contribution in [0.5, 0.6) is 0 Å². The molecule has 0 amide bonds. The van der Waals surface area contributed by atoms with Crippen LogP contribution in [-0.4, -0.2) is 43.5 Å². The van der Waals surface area contributed by atoms with Crippen molar-refractivity contribution in [1.82, 2.24) is 4.98 Å². The fourth-order valence-corrected chi connectivity index (χ4v) is 2.39. The average molecular weight is 343 g/mol. The van der Waals surface area contributed by atoms with Crippen LogP contribution >= 0.6 is 15.9 Å². The molecule has 20 heavy (non-hydrogen) atoms. The summed E-state index contributed by atoms with van der Waals surface area (Å²) in [7, 11) is 1.88. The van der Waals surface area contributed by atoms with Crippen LogP contribution in [0.25, 0.3) is 10.8 Å². The first kappa shape index (κ1) is 15.2. The molecule has 0 saturated heterocycles. The summed E-state index contributed by atoms with van der Waals surface area (Å²) in [5.74, 6) is 0.416. The van der Waals surface area contributed by atoms with E-state index in [2.05, 4.69) is 20.9 Å². The molecule has 0 aliphatic heterocycles. The molecule has 4 nitrogen and oxygen atoms in total. The van der Waals surface area contributed by atoms with Gasteiger partial charge in [-0.05, 0) is 28.1 Å². The normalized spacial score (nSPS) is 11.0. The number of aliphatic hydroxyl groups excluding tert-OH is 1. The highest BCUT2D eigenvalue weighted by molar-refractivity contribution is 9.10. The Morgan fingerprint density at radius 1 is 1.35 bits per heavy atom. The number of hydrogen-bond acceptors (Lipinski definition) is 4. The first-order valence-corrected chi connectivity index (χ1v) is 7.06. The van der Waals surface area contributed by atoms with Crippen LogP contribution in [0.2, 0.25) is 0 Å². The van der Waals surface area contributed by atoms with Crippen molar-refractivity contribution < 1.29 is 14.2 Å². The van der Waals surface area contributed by atoms with Gasteiger partial charge in [0.15, 0.2) is 0 Å². The summed E-state index contributed by atoms with van der Waals surface area (Å²) in [6, 6.07) is 4.64. The van der Waals surface area contributed by atoms with Crippen LogP contribution in [-0.2, 0) is 4.74 Å². The Hall–Kier alpha value is -1.24. The third kappa shape index (κ3) is 3.45. The number of nitrogens with zero attached hydrogens (tertiary/aromatic N) is 2. The van der Waals surface area contributed by atoms with Gasteiger partial charge in [0.05, 0.1) is 19.8 Å². The fraction of sp³-hybridized carbons (Fsp3) is 0.357. The molecule has 0 bridgehead atoms. The second-order valence-corrected chi connectivity index (χ2v) is 5.23. The molecular weight excluding hydrogens is 327 g/mol. The van der Waals surface area contributed by atoms with E-state index in [0.717, 1.165) is 15.2 Å². The number of aliphatic hydroxyl groups is 1. The maximum absolute atomic E-state index is 13.5. The van der Waals surface area contributed by atoms with Crippen molar-refractivity contribution in [3.8, 4) is 0 Å². The largest absolute Gasteiger partial charge is 0.394 e. The molecule has 108 valence electrons. The van der Waals surface area contributed by atoms with Crippen molar-refractivity contribution in [2.24, 2.45) is 0 Å². The Morgan fingerprint density at radius 2 is 2.15 bits per heavy atom. The van der Waals surface area contributed by atoms with Gasteiger partial charge in [0.2, 0.25) is 0 Å². The second-order valence-electron chi connectivity index (χ2n) is 4.38. The first-order chi connectivity index (χ1) is 9.63. The van der Waals surface area contributed by atoms with Gasteiger partial charge >= 0.3 is 0 Å². The number of ether oxygens (including phenoxy) is 1. The monoisotopic (exact) mass is 342 g/mol. The minimum atomic E-state index is -0.288. The van der Waals surface area contributed by atoms with Crippen LogP contribution in [0.4, 0.5) is 10.2 Å². The molecule has 1 aromatic carbocycles. The van der Waals surface area contributed by atoms with E-state index in [1.165, 1.54) is 12.1 Å². The van der Waals surface area contributed by atoms with Crippen molar-refractivity contribution in [1.29, 1.82) is 0 Å². The van der Waals surface area contributed by atoms with Crippen LogP contribution in [0.3, 0.4) is 0 Å². The van der Waals surface area contributed by atoms with Crippen LogP contribution in [0, 0.1) is 5.82 Å². The number of anilines is 1. The summed E-state index contributed by atoms with van der Waals surface area (Å²) >= 11 is 3.42. The third-order valence-electron chi connectivity index (χ3n) is 2.95. The molecule has 2 aromatic rings. The number of likely N-dealkylation sites (N-methyl/N-ethyl adjacent to an activating group) is 1. The number of hydrogen-bond donors (Lipinski definition) is 1. The number of aromatic nitrogens is 1. The Morgan fingerprint density at radius 3 is 2.90 bits per heavy atom. The van der Waals surface area contributed by atoms with E-state index in [-0.39, 0.29) is 12.4 Å². The molecule has 0 spiro atoms. The van der Waals surface area contributed by atoms with Gasteiger partial charge in [-0.2, -0.15) is 0 Å². The number of benzene rings is 1. The molecular formula is C14H16BrFN2O2. The van der Waals surface area contributed by atoms with E-state index < -0.39 is 0 Å². The highest BCUT2D eigenvalue weighted by Gasteiger charge is 2.11. The van der Waals surface area contributed by atoms with Crippen LogP contribution < -0.4 is 4.90 Å². The van der Waals surface area contributed by atoms with Gasteiger partial charge in [-0.15, -0.1) is 0 Å². The van der Waals surface area contributed by atoms with Gasteiger partial charge in [0.1, 0.15) is 11.6 Å². The number of rotatable bonds is 6. The lowest BCUT2D eigenvalue weighted by molar-refractivity contribution is 0.0971. The predicted octanol–water partition coefficient (Wildman–Crippen LogP) is 2.58. The maximum Gasteiger partial charge on any atom is 0.136 e. The van der Waals surface area contributed by atoms with Gasteiger partial charge in [-0.1, -0.05) is 6.07 Å². The molecule has 0 aliphatic rings. The lowest BCUT2D eigenvalue weighted by Crippen LogP contribution is -2.24.